The molecule has 0 saturated heterocycles. The fourth-order valence-electron chi connectivity index (χ4n) is 3.24. The predicted molar refractivity (Wildman–Crippen MR) is 119 cm³/mol. The second-order valence-corrected chi connectivity index (χ2v) is 7.84. The Morgan fingerprint density at radius 2 is 1.67 bits per heavy atom. The fraction of sp³-hybridized carbons (Fsp3) is 0.333. The standard InChI is InChI=1S/C21H24N4O3.2ClH/c1-21(2,12-22)13-24(3)18(26)15-4-5-16-17(10-15)20(28)25(19(16)27)11-14-6-8-23-9-7-14;;/h4-10H,11-13,22H2,1-3H3;2*1H. The van der Waals surface area contributed by atoms with E-state index in [1.165, 1.54) is 11.0 Å². The summed E-state index contributed by atoms with van der Waals surface area (Å²) in [5, 5.41) is 0. The van der Waals surface area contributed by atoms with Crippen molar-refractivity contribution in [3.8, 4) is 0 Å². The molecule has 1 aliphatic rings. The molecule has 0 radical (unpaired) electrons. The molecule has 0 aliphatic carbocycles. The van der Waals surface area contributed by atoms with Crippen LogP contribution in [0.1, 0.15) is 50.5 Å². The lowest BCUT2D eigenvalue weighted by atomic mass is 9.93. The first-order chi connectivity index (χ1) is 13.2. The molecule has 1 aromatic heterocycles. The molecule has 3 amide bonds. The molecule has 162 valence electrons. The first-order valence-electron chi connectivity index (χ1n) is 9.08. The number of amides is 3. The van der Waals surface area contributed by atoms with Crippen LogP contribution in [0.25, 0.3) is 0 Å². The molecule has 0 spiro atoms. The molecular formula is C21H26Cl2N4O3. The second-order valence-electron chi connectivity index (χ2n) is 7.84. The molecule has 1 aliphatic heterocycles. The van der Waals surface area contributed by atoms with Crippen molar-refractivity contribution >= 4 is 42.5 Å². The highest BCUT2D eigenvalue weighted by molar-refractivity contribution is 6.22. The quantitative estimate of drug-likeness (QED) is 0.679. The van der Waals surface area contributed by atoms with Gasteiger partial charge < -0.3 is 10.6 Å². The van der Waals surface area contributed by atoms with Crippen LogP contribution in [0.3, 0.4) is 0 Å². The summed E-state index contributed by atoms with van der Waals surface area (Å²) in [6.07, 6.45) is 3.23. The first-order valence-corrected chi connectivity index (χ1v) is 9.08. The number of hydrogen-bond donors (Lipinski definition) is 1. The zero-order valence-electron chi connectivity index (χ0n) is 17.1. The van der Waals surface area contributed by atoms with Gasteiger partial charge in [0.2, 0.25) is 0 Å². The van der Waals surface area contributed by atoms with Gasteiger partial charge in [-0.05, 0) is 47.9 Å². The van der Waals surface area contributed by atoms with E-state index >= 15 is 0 Å². The van der Waals surface area contributed by atoms with Gasteiger partial charge in [-0.3, -0.25) is 24.3 Å². The number of benzene rings is 1. The molecular weight excluding hydrogens is 427 g/mol. The highest BCUT2D eigenvalue weighted by Crippen LogP contribution is 2.26. The average molecular weight is 453 g/mol. The van der Waals surface area contributed by atoms with Crippen molar-refractivity contribution in [3.05, 3.63) is 65.0 Å². The number of nitrogens with two attached hydrogens (primary N) is 1. The van der Waals surface area contributed by atoms with Crippen molar-refractivity contribution in [2.24, 2.45) is 11.1 Å². The number of nitrogens with zero attached hydrogens (tertiary/aromatic N) is 3. The number of imide groups is 1. The highest BCUT2D eigenvalue weighted by Gasteiger charge is 2.36. The molecule has 0 saturated carbocycles. The minimum atomic E-state index is -0.392. The molecule has 0 atom stereocenters. The Labute approximate surface area is 188 Å². The van der Waals surface area contributed by atoms with E-state index in [1.807, 2.05) is 13.8 Å². The van der Waals surface area contributed by atoms with Crippen molar-refractivity contribution in [1.29, 1.82) is 0 Å². The van der Waals surface area contributed by atoms with Crippen LogP contribution >= 0.6 is 24.8 Å². The molecule has 2 N–H and O–H groups in total. The predicted octanol–water partition coefficient (Wildman–Crippen LogP) is 2.78. The lowest BCUT2D eigenvalue weighted by Crippen LogP contribution is -2.39. The Bertz CT molecular complexity index is 935. The summed E-state index contributed by atoms with van der Waals surface area (Å²) in [6, 6.07) is 8.17. The van der Waals surface area contributed by atoms with E-state index < -0.39 is 5.91 Å². The van der Waals surface area contributed by atoms with Crippen LogP contribution in [-0.2, 0) is 6.54 Å². The molecule has 2 heterocycles. The van der Waals surface area contributed by atoms with E-state index in [2.05, 4.69) is 4.98 Å². The van der Waals surface area contributed by atoms with Gasteiger partial charge in [0.05, 0.1) is 17.7 Å². The third-order valence-electron chi connectivity index (χ3n) is 4.87. The smallest absolute Gasteiger partial charge is 0.261 e. The minimum absolute atomic E-state index is 0. The summed E-state index contributed by atoms with van der Waals surface area (Å²) < 4.78 is 0. The van der Waals surface area contributed by atoms with Gasteiger partial charge in [-0.2, -0.15) is 0 Å². The summed E-state index contributed by atoms with van der Waals surface area (Å²) in [4.78, 5) is 44.9. The van der Waals surface area contributed by atoms with Crippen LogP contribution in [0.4, 0.5) is 0 Å². The summed E-state index contributed by atoms with van der Waals surface area (Å²) in [6.45, 7) is 5.08. The molecule has 2 aromatic rings. The van der Waals surface area contributed by atoms with Gasteiger partial charge in [0.1, 0.15) is 0 Å². The summed E-state index contributed by atoms with van der Waals surface area (Å²) >= 11 is 0. The summed E-state index contributed by atoms with van der Waals surface area (Å²) in [5.74, 6) is -0.956. The van der Waals surface area contributed by atoms with Crippen LogP contribution < -0.4 is 5.73 Å². The van der Waals surface area contributed by atoms with Gasteiger partial charge in [-0.15, -0.1) is 24.8 Å². The van der Waals surface area contributed by atoms with Crippen molar-refractivity contribution in [2.45, 2.75) is 20.4 Å². The van der Waals surface area contributed by atoms with Crippen LogP contribution in [0.15, 0.2) is 42.7 Å². The van der Waals surface area contributed by atoms with Gasteiger partial charge in [-0.1, -0.05) is 13.8 Å². The lowest BCUT2D eigenvalue weighted by molar-refractivity contribution is 0.0642. The zero-order valence-corrected chi connectivity index (χ0v) is 18.8. The third kappa shape index (κ3) is 5.16. The van der Waals surface area contributed by atoms with E-state index in [0.29, 0.717) is 24.2 Å². The summed E-state index contributed by atoms with van der Waals surface area (Å²) in [5.41, 5.74) is 7.30. The number of halogens is 2. The number of hydrogen-bond acceptors (Lipinski definition) is 5. The Morgan fingerprint density at radius 3 is 2.27 bits per heavy atom. The number of carbonyl (C=O) groups excluding carboxylic acids is 3. The van der Waals surface area contributed by atoms with E-state index in [1.54, 1.807) is 48.6 Å². The van der Waals surface area contributed by atoms with Crippen molar-refractivity contribution in [3.63, 3.8) is 0 Å². The number of pyridine rings is 1. The zero-order chi connectivity index (χ0) is 20.5. The maximum Gasteiger partial charge on any atom is 0.261 e. The number of rotatable bonds is 6. The van der Waals surface area contributed by atoms with E-state index in [-0.39, 0.29) is 54.2 Å². The molecule has 7 nitrogen and oxygen atoms in total. The van der Waals surface area contributed by atoms with E-state index in [4.69, 9.17) is 5.73 Å². The van der Waals surface area contributed by atoms with Crippen LogP contribution in [-0.4, -0.2) is 52.6 Å². The fourth-order valence-corrected chi connectivity index (χ4v) is 3.24. The van der Waals surface area contributed by atoms with Gasteiger partial charge in [0.15, 0.2) is 0 Å². The number of aromatic nitrogens is 1. The average Bonchev–Trinajstić information content (AvgIpc) is 2.92. The number of carbonyl (C=O) groups is 3. The molecule has 0 unspecified atom stereocenters. The van der Waals surface area contributed by atoms with Gasteiger partial charge >= 0.3 is 0 Å². The highest BCUT2D eigenvalue weighted by atomic mass is 35.5. The van der Waals surface area contributed by atoms with Gasteiger partial charge in [0, 0.05) is 31.5 Å². The van der Waals surface area contributed by atoms with E-state index in [0.717, 1.165) is 5.56 Å². The van der Waals surface area contributed by atoms with Gasteiger partial charge in [0.25, 0.3) is 17.7 Å². The third-order valence-corrected chi connectivity index (χ3v) is 4.87. The topological polar surface area (TPSA) is 96.6 Å². The minimum Gasteiger partial charge on any atom is -0.341 e. The molecule has 9 heteroatoms. The molecule has 1 aromatic carbocycles. The molecule has 3 rings (SSSR count). The maximum atomic E-state index is 12.8. The lowest BCUT2D eigenvalue weighted by Gasteiger charge is -2.29. The Kier molecular flexibility index (Phi) is 8.53. The second kappa shape index (κ2) is 10.0. The monoisotopic (exact) mass is 452 g/mol. The Balaban J connectivity index is 0.00000225. The van der Waals surface area contributed by atoms with Crippen LogP contribution in [0, 0.1) is 5.41 Å². The summed E-state index contributed by atoms with van der Waals surface area (Å²) in [7, 11) is 1.70. The van der Waals surface area contributed by atoms with Crippen molar-refractivity contribution in [1.82, 2.24) is 14.8 Å². The van der Waals surface area contributed by atoms with Crippen LogP contribution in [0.2, 0.25) is 0 Å². The maximum absolute atomic E-state index is 12.8. The van der Waals surface area contributed by atoms with Gasteiger partial charge in [-0.25, -0.2) is 0 Å². The van der Waals surface area contributed by atoms with Crippen LogP contribution in [0.5, 0.6) is 0 Å². The Morgan fingerprint density at radius 1 is 1.07 bits per heavy atom. The van der Waals surface area contributed by atoms with Crippen molar-refractivity contribution in [2.75, 3.05) is 20.1 Å². The first kappa shape index (κ1) is 25.6. The molecule has 0 fully saturated rings. The van der Waals surface area contributed by atoms with Crippen molar-refractivity contribution < 1.29 is 14.4 Å². The SMILES string of the molecule is CN(CC(C)(C)CN)C(=O)c1ccc2c(c1)C(=O)N(Cc1ccncc1)C2=O.Cl.Cl. The molecule has 0 bridgehead atoms. The van der Waals surface area contributed by atoms with E-state index in [9.17, 15) is 14.4 Å². The molecule has 30 heavy (non-hydrogen) atoms. The number of fused-ring (bicyclic) bond motifs is 1. The normalized spacial score (nSPS) is 12.7. The Hall–Kier alpha value is -2.48. The largest absolute Gasteiger partial charge is 0.341 e.